The molecule has 0 atom stereocenters. The molecule has 0 spiro atoms. The van der Waals surface area contributed by atoms with Gasteiger partial charge in [-0.25, -0.2) is 0 Å². The summed E-state index contributed by atoms with van der Waals surface area (Å²) in [6, 6.07) is 3.51. The molecule has 0 saturated carbocycles. The number of Topliss-reactive ketones (excluding diaryl/α,β-unsaturated/α-hetero) is 1. The zero-order valence-electron chi connectivity index (χ0n) is 9.73. The second-order valence-corrected chi connectivity index (χ2v) is 3.82. The number of ether oxygens (including phenoxy) is 2. The van der Waals surface area contributed by atoms with Crippen LogP contribution in [0.1, 0.15) is 12.5 Å². The molecule has 1 N–H and O–H groups in total. The molecule has 0 fully saturated rings. The van der Waals surface area contributed by atoms with Gasteiger partial charge in [-0.15, -0.1) is 0 Å². The maximum atomic E-state index is 10.9. The van der Waals surface area contributed by atoms with E-state index in [1.54, 1.807) is 12.1 Å². The van der Waals surface area contributed by atoms with E-state index < -0.39 is 7.12 Å². The van der Waals surface area contributed by atoms with E-state index in [4.69, 9.17) is 14.1 Å². The highest BCUT2D eigenvalue weighted by atomic mass is 16.5. The van der Waals surface area contributed by atoms with Gasteiger partial charge < -0.3 is 19.2 Å². The maximum absolute atomic E-state index is 10.9. The third-order valence-corrected chi connectivity index (χ3v) is 2.53. The summed E-state index contributed by atoms with van der Waals surface area (Å²) in [5.41, 5.74) is 1.44. The summed E-state index contributed by atoms with van der Waals surface area (Å²) >= 11 is 0. The minimum atomic E-state index is -0.999. The number of carbonyl (C=O) groups is 1. The van der Waals surface area contributed by atoms with Crippen molar-refractivity contribution in [1.82, 2.24) is 0 Å². The molecule has 0 radical (unpaired) electrons. The molecule has 6 heteroatoms. The summed E-state index contributed by atoms with van der Waals surface area (Å²) in [5, 5.41) is 9.67. The fourth-order valence-electron chi connectivity index (χ4n) is 1.77. The van der Waals surface area contributed by atoms with Crippen LogP contribution in [0.5, 0.6) is 11.5 Å². The molecule has 0 aliphatic carbocycles. The Morgan fingerprint density at radius 3 is 3.00 bits per heavy atom. The van der Waals surface area contributed by atoms with Crippen LogP contribution in [0.25, 0.3) is 0 Å². The number of fused-ring (bicyclic) bond motifs is 1. The molecular weight excluding hydrogens is 223 g/mol. The van der Waals surface area contributed by atoms with E-state index in [1.807, 2.05) is 0 Å². The summed E-state index contributed by atoms with van der Waals surface area (Å²) in [6.45, 7) is 1.77. The molecule has 1 aliphatic rings. The zero-order chi connectivity index (χ0) is 12.4. The van der Waals surface area contributed by atoms with Gasteiger partial charge in [-0.1, -0.05) is 6.07 Å². The van der Waals surface area contributed by atoms with Gasteiger partial charge in [0.05, 0.1) is 13.7 Å². The molecule has 1 aromatic rings. The summed E-state index contributed by atoms with van der Waals surface area (Å²) in [4.78, 5) is 10.9. The smallest absolute Gasteiger partial charge is 0.493 e. The Morgan fingerprint density at radius 2 is 2.35 bits per heavy atom. The van der Waals surface area contributed by atoms with Crippen molar-refractivity contribution in [2.45, 2.75) is 13.5 Å². The molecule has 5 nitrogen and oxygen atoms in total. The van der Waals surface area contributed by atoms with Crippen molar-refractivity contribution < 1.29 is 23.9 Å². The fourth-order valence-corrected chi connectivity index (χ4v) is 1.77. The van der Waals surface area contributed by atoms with Gasteiger partial charge in [0.25, 0.3) is 0 Å². The lowest BCUT2D eigenvalue weighted by Crippen LogP contribution is -2.30. The highest BCUT2D eigenvalue weighted by molar-refractivity contribution is 6.62. The fraction of sp³-hybridized carbons (Fsp3) is 0.364. The molecule has 90 valence electrons. The van der Waals surface area contributed by atoms with Crippen LogP contribution in [0.2, 0.25) is 0 Å². The average molecular weight is 236 g/mol. The molecule has 0 aromatic heterocycles. The van der Waals surface area contributed by atoms with Gasteiger partial charge in [-0.05, 0) is 18.6 Å². The number of hydrogen-bond acceptors (Lipinski definition) is 5. The first-order chi connectivity index (χ1) is 8.13. The Morgan fingerprint density at radius 1 is 1.59 bits per heavy atom. The first-order valence-electron chi connectivity index (χ1n) is 5.25. The molecule has 0 bridgehead atoms. The van der Waals surface area contributed by atoms with E-state index in [9.17, 15) is 9.82 Å². The van der Waals surface area contributed by atoms with E-state index >= 15 is 0 Å². The van der Waals surface area contributed by atoms with Crippen molar-refractivity contribution >= 4 is 18.4 Å². The lowest BCUT2D eigenvalue weighted by atomic mass is 9.78. The van der Waals surface area contributed by atoms with Crippen LogP contribution in [-0.4, -0.2) is 31.6 Å². The first kappa shape index (κ1) is 11.9. The van der Waals surface area contributed by atoms with Gasteiger partial charge >= 0.3 is 7.12 Å². The lowest BCUT2D eigenvalue weighted by molar-refractivity contribution is -0.118. The van der Waals surface area contributed by atoms with Crippen molar-refractivity contribution in [3.63, 3.8) is 0 Å². The summed E-state index contributed by atoms with van der Waals surface area (Å²) < 4.78 is 15.6. The SMILES string of the molecule is COc1c(OCC(C)=O)ccc2c1B(O)OC2. The number of benzene rings is 1. The van der Waals surface area contributed by atoms with Crippen molar-refractivity contribution in [3.8, 4) is 11.5 Å². The van der Waals surface area contributed by atoms with Crippen LogP contribution >= 0.6 is 0 Å². The zero-order valence-corrected chi connectivity index (χ0v) is 9.73. The van der Waals surface area contributed by atoms with Crippen LogP contribution in [-0.2, 0) is 16.1 Å². The third-order valence-electron chi connectivity index (χ3n) is 2.53. The van der Waals surface area contributed by atoms with Crippen LogP contribution in [0.15, 0.2) is 12.1 Å². The van der Waals surface area contributed by atoms with Crippen LogP contribution in [0.3, 0.4) is 0 Å². The second-order valence-electron chi connectivity index (χ2n) is 3.82. The van der Waals surface area contributed by atoms with Crippen molar-refractivity contribution in [1.29, 1.82) is 0 Å². The summed E-state index contributed by atoms with van der Waals surface area (Å²) in [5.74, 6) is 0.782. The molecular formula is C11H13BO5. The van der Waals surface area contributed by atoms with Crippen LogP contribution in [0.4, 0.5) is 0 Å². The van der Waals surface area contributed by atoms with Gasteiger partial charge in [0.1, 0.15) is 6.61 Å². The monoisotopic (exact) mass is 236 g/mol. The number of rotatable bonds is 4. The van der Waals surface area contributed by atoms with E-state index in [2.05, 4.69) is 0 Å². The van der Waals surface area contributed by atoms with Crippen molar-refractivity contribution in [2.75, 3.05) is 13.7 Å². The Balaban J connectivity index is 2.34. The number of ketones is 1. The Labute approximate surface area is 99.4 Å². The Hall–Kier alpha value is -1.53. The highest BCUT2D eigenvalue weighted by Crippen LogP contribution is 2.29. The number of methoxy groups -OCH3 is 1. The van der Waals surface area contributed by atoms with Gasteiger partial charge in [-0.3, -0.25) is 4.79 Å². The standard InChI is InChI=1S/C11H13BO5/c1-7(13)5-16-9-4-3-8-6-17-12(14)10(8)11(9)15-2/h3-4,14H,5-6H2,1-2H3. The Kier molecular flexibility index (Phi) is 3.35. The van der Waals surface area contributed by atoms with Crippen molar-refractivity contribution in [3.05, 3.63) is 17.7 Å². The van der Waals surface area contributed by atoms with E-state index in [-0.39, 0.29) is 12.4 Å². The lowest BCUT2D eigenvalue weighted by Gasteiger charge is -2.13. The molecule has 2 rings (SSSR count). The average Bonchev–Trinajstić information content (AvgIpc) is 2.68. The maximum Gasteiger partial charge on any atom is 0.495 e. The van der Waals surface area contributed by atoms with Gasteiger partial charge in [0.2, 0.25) is 0 Å². The van der Waals surface area contributed by atoms with Crippen LogP contribution in [0, 0.1) is 0 Å². The topological polar surface area (TPSA) is 65.0 Å². The minimum absolute atomic E-state index is 0.0217. The second kappa shape index (κ2) is 4.77. The predicted octanol–water partition coefficient (Wildman–Crippen LogP) is -0.119. The molecule has 1 aromatic carbocycles. The van der Waals surface area contributed by atoms with Crippen molar-refractivity contribution in [2.24, 2.45) is 0 Å². The predicted molar refractivity (Wildman–Crippen MR) is 61.6 cm³/mol. The largest absolute Gasteiger partial charge is 0.495 e. The van der Waals surface area contributed by atoms with E-state index in [0.29, 0.717) is 23.6 Å². The third kappa shape index (κ3) is 2.27. The Bertz CT molecular complexity index is 446. The highest BCUT2D eigenvalue weighted by Gasteiger charge is 2.33. The van der Waals surface area contributed by atoms with E-state index in [1.165, 1.54) is 14.0 Å². The van der Waals surface area contributed by atoms with Gasteiger partial charge in [-0.2, -0.15) is 0 Å². The summed E-state index contributed by atoms with van der Waals surface area (Å²) in [6.07, 6.45) is 0. The number of hydrogen-bond donors (Lipinski definition) is 1. The normalized spacial score (nSPS) is 13.5. The molecule has 0 saturated heterocycles. The van der Waals surface area contributed by atoms with Crippen LogP contribution < -0.4 is 14.9 Å². The minimum Gasteiger partial charge on any atom is -0.493 e. The first-order valence-corrected chi connectivity index (χ1v) is 5.25. The molecule has 1 aliphatic heterocycles. The summed E-state index contributed by atoms with van der Waals surface area (Å²) in [7, 11) is 0.488. The quantitative estimate of drug-likeness (QED) is 0.738. The molecule has 0 amide bonds. The molecule has 0 unspecified atom stereocenters. The molecule has 1 heterocycles. The van der Waals surface area contributed by atoms with E-state index in [0.717, 1.165) is 5.56 Å². The number of carbonyl (C=O) groups excluding carboxylic acids is 1. The van der Waals surface area contributed by atoms with Gasteiger partial charge in [0.15, 0.2) is 17.3 Å². The molecule has 17 heavy (non-hydrogen) atoms. The van der Waals surface area contributed by atoms with Gasteiger partial charge in [0, 0.05) is 5.46 Å².